The highest BCUT2D eigenvalue weighted by atomic mass is 32.2. The lowest BCUT2D eigenvalue weighted by Crippen LogP contribution is -2.31. The number of benzene rings is 1. The fraction of sp³-hybridized carbons (Fsp3) is 0.222. The molecular formula is C18H18N4O2S. The van der Waals surface area contributed by atoms with Crippen molar-refractivity contribution in [2.75, 3.05) is 13.6 Å². The summed E-state index contributed by atoms with van der Waals surface area (Å²) in [5.41, 5.74) is 4.41. The first-order chi connectivity index (χ1) is 12.2. The van der Waals surface area contributed by atoms with Crippen LogP contribution >= 0.6 is 11.8 Å². The summed E-state index contributed by atoms with van der Waals surface area (Å²) in [4.78, 5) is 20.6. The van der Waals surface area contributed by atoms with Gasteiger partial charge in [-0.15, -0.1) is 0 Å². The highest BCUT2D eigenvalue weighted by Crippen LogP contribution is 2.39. The molecule has 0 atom stereocenters. The number of hydrogen-bond acceptors (Lipinski definition) is 5. The smallest absolute Gasteiger partial charge is 0.274 e. The van der Waals surface area contributed by atoms with E-state index in [2.05, 4.69) is 27.6 Å². The SMILES string of the molecule is CN1CCc2c(Sc3ccc(C(=O)NO)cc3)c3cccnc3n2C1. The summed E-state index contributed by atoms with van der Waals surface area (Å²) in [5, 5.41) is 9.88. The molecule has 0 fully saturated rings. The van der Waals surface area contributed by atoms with Gasteiger partial charge in [-0.25, -0.2) is 10.5 Å². The third kappa shape index (κ3) is 2.90. The molecule has 0 radical (unpaired) electrons. The number of nitrogens with zero attached hydrogens (tertiary/aromatic N) is 3. The predicted octanol–water partition coefficient (Wildman–Crippen LogP) is 2.75. The maximum Gasteiger partial charge on any atom is 0.274 e. The molecule has 1 aromatic carbocycles. The van der Waals surface area contributed by atoms with Crippen molar-refractivity contribution in [3.05, 3.63) is 53.9 Å². The van der Waals surface area contributed by atoms with Gasteiger partial charge in [0.2, 0.25) is 0 Å². The molecule has 7 heteroatoms. The average molecular weight is 354 g/mol. The molecule has 25 heavy (non-hydrogen) atoms. The average Bonchev–Trinajstić information content (AvgIpc) is 2.95. The van der Waals surface area contributed by atoms with Crippen molar-refractivity contribution in [1.82, 2.24) is 19.9 Å². The second-order valence-electron chi connectivity index (χ2n) is 6.12. The number of likely N-dealkylation sites (N-methyl/N-ethyl adjacent to an activating group) is 1. The fourth-order valence-corrected chi connectivity index (χ4v) is 4.28. The zero-order chi connectivity index (χ0) is 17.4. The van der Waals surface area contributed by atoms with Crippen LogP contribution in [0.15, 0.2) is 52.4 Å². The highest BCUT2D eigenvalue weighted by molar-refractivity contribution is 7.99. The maximum atomic E-state index is 11.5. The van der Waals surface area contributed by atoms with Gasteiger partial charge in [0.15, 0.2) is 0 Å². The number of pyridine rings is 1. The van der Waals surface area contributed by atoms with Crippen molar-refractivity contribution in [1.29, 1.82) is 0 Å². The summed E-state index contributed by atoms with van der Waals surface area (Å²) in [6, 6.07) is 11.3. The Morgan fingerprint density at radius 2 is 2.08 bits per heavy atom. The number of carbonyl (C=O) groups excluding carboxylic acids is 1. The molecule has 0 saturated heterocycles. The molecule has 4 rings (SSSR count). The number of amides is 1. The van der Waals surface area contributed by atoms with E-state index < -0.39 is 5.91 Å². The molecule has 0 spiro atoms. The van der Waals surface area contributed by atoms with Crippen LogP contribution < -0.4 is 5.48 Å². The minimum absolute atomic E-state index is 0.430. The fourth-order valence-electron chi connectivity index (χ4n) is 3.18. The van der Waals surface area contributed by atoms with Gasteiger partial charge in [-0.1, -0.05) is 11.8 Å². The van der Waals surface area contributed by atoms with Crippen LogP contribution in [0.5, 0.6) is 0 Å². The second kappa shape index (κ2) is 6.51. The molecular weight excluding hydrogens is 336 g/mol. The van der Waals surface area contributed by atoms with E-state index in [0.29, 0.717) is 5.56 Å². The van der Waals surface area contributed by atoms with E-state index in [1.165, 1.54) is 10.6 Å². The maximum absolute atomic E-state index is 11.5. The van der Waals surface area contributed by atoms with Crippen LogP contribution in [-0.4, -0.2) is 39.2 Å². The number of carbonyl (C=O) groups is 1. The molecule has 6 nitrogen and oxygen atoms in total. The monoisotopic (exact) mass is 354 g/mol. The van der Waals surface area contributed by atoms with Crippen LogP contribution in [0.4, 0.5) is 0 Å². The Morgan fingerprint density at radius 3 is 2.84 bits per heavy atom. The Labute approximate surface area is 149 Å². The molecule has 0 bridgehead atoms. The minimum Gasteiger partial charge on any atom is -0.315 e. The van der Waals surface area contributed by atoms with E-state index in [1.807, 2.05) is 24.4 Å². The van der Waals surface area contributed by atoms with Gasteiger partial charge in [-0.2, -0.15) is 0 Å². The van der Waals surface area contributed by atoms with Gasteiger partial charge in [-0.3, -0.25) is 14.9 Å². The Hall–Kier alpha value is -2.35. The standard InChI is InChI=1S/C18H18N4O2S/c1-21-10-8-15-16(14-3-2-9-19-17(14)22(15)11-21)25-13-6-4-12(5-7-13)18(23)20-24/h2-7,9,24H,8,10-11H2,1H3,(H,20,23). The summed E-state index contributed by atoms with van der Waals surface area (Å²) in [7, 11) is 2.12. The predicted molar refractivity (Wildman–Crippen MR) is 95.9 cm³/mol. The Morgan fingerprint density at radius 1 is 1.28 bits per heavy atom. The second-order valence-corrected chi connectivity index (χ2v) is 7.20. The van der Waals surface area contributed by atoms with Crippen molar-refractivity contribution in [2.45, 2.75) is 22.9 Å². The van der Waals surface area contributed by atoms with Crippen LogP contribution in [-0.2, 0) is 13.1 Å². The van der Waals surface area contributed by atoms with Crippen molar-refractivity contribution in [3.8, 4) is 0 Å². The normalized spacial score (nSPS) is 14.5. The Kier molecular flexibility index (Phi) is 4.20. The van der Waals surface area contributed by atoms with Crippen LogP contribution in [0.2, 0.25) is 0 Å². The molecule has 3 heterocycles. The quantitative estimate of drug-likeness (QED) is 0.559. The van der Waals surface area contributed by atoms with Gasteiger partial charge < -0.3 is 4.57 Å². The molecule has 3 aromatic rings. The summed E-state index contributed by atoms with van der Waals surface area (Å²) >= 11 is 1.69. The third-order valence-electron chi connectivity index (χ3n) is 4.43. The number of hydroxylamine groups is 1. The molecule has 128 valence electrons. The molecule has 1 amide bonds. The highest BCUT2D eigenvalue weighted by Gasteiger charge is 2.23. The summed E-state index contributed by atoms with van der Waals surface area (Å²) in [6.45, 7) is 1.87. The number of nitrogens with one attached hydrogen (secondary N) is 1. The summed E-state index contributed by atoms with van der Waals surface area (Å²) < 4.78 is 2.29. The number of fused-ring (bicyclic) bond motifs is 3. The van der Waals surface area contributed by atoms with Gasteiger partial charge >= 0.3 is 0 Å². The lowest BCUT2D eigenvalue weighted by molar-refractivity contribution is 0.0706. The van der Waals surface area contributed by atoms with Gasteiger partial charge in [0.25, 0.3) is 5.91 Å². The van der Waals surface area contributed by atoms with E-state index in [0.717, 1.165) is 35.6 Å². The molecule has 2 aromatic heterocycles. The molecule has 2 N–H and O–H groups in total. The van der Waals surface area contributed by atoms with Crippen LogP contribution in [0, 0.1) is 0 Å². The lowest BCUT2D eigenvalue weighted by Gasteiger charge is -2.25. The number of rotatable bonds is 3. The summed E-state index contributed by atoms with van der Waals surface area (Å²) in [6.07, 6.45) is 2.82. The number of aromatic nitrogens is 2. The molecule has 1 aliphatic rings. The van der Waals surface area contributed by atoms with E-state index in [1.54, 1.807) is 29.4 Å². The largest absolute Gasteiger partial charge is 0.315 e. The third-order valence-corrected chi connectivity index (χ3v) is 5.59. The van der Waals surface area contributed by atoms with Gasteiger partial charge in [0, 0.05) is 45.6 Å². The first kappa shape index (κ1) is 16.1. The minimum atomic E-state index is -0.504. The topological polar surface area (TPSA) is 70.4 Å². The van der Waals surface area contributed by atoms with Gasteiger partial charge in [0.05, 0.1) is 6.67 Å². The van der Waals surface area contributed by atoms with E-state index >= 15 is 0 Å². The first-order valence-electron chi connectivity index (χ1n) is 8.04. The van der Waals surface area contributed by atoms with Crippen molar-refractivity contribution >= 4 is 28.7 Å². The Bertz CT molecular complexity index is 936. The zero-order valence-electron chi connectivity index (χ0n) is 13.8. The first-order valence-corrected chi connectivity index (χ1v) is 8.86. The van der Waals surface area contributed by atoms with E-state index in [-0.39, 0.29) is 0 Å². The number of hydrogen-bond donors (Lipinski definition) is 2. The van der Waals surface area contributed by atoms with Gasteiger partial charge in [-0.05, 0) is 43.4 Å². The van der Waals surface area contributed by atoms with E-state index in [4.69, 9.17) is 5.21 Å². The molecule has 0 unspecified atom stereocenters. The van der Waals surface area contributed by atoms with Gasteiger partial charge in [0.1, 0.15) is 5.65 Å². The van der Waals surface area contributed by atoms with Crippen LogP contribution in [0.3, 0.4) is 0 Å². The van der Waals surface area contributed by atoms with Crippen molar-refractivity contribution in [3.63, 3.8) is 0 Å². The molecule has 0 aliphatic carbocycles. The Balaban J connectivity index is 1.73. The summed E-state index contributed by atoms with van der Waals surface area (Å²) in [5.74, 6) is -0.504. The zero-order valence-corrected chi connectivity index (χ0v) is 14.6. The van der Waals surface area contributed by atoms with Crippen LogP contribution in [0.25, 0.3) is 11.0 Å². The van der Waals surface area contributed by atoms with E-state index in [9.17, 15) is 4.79 Å². The van der Waals surface area contributed by atoms with Crippen molar-refractivity contribution < 1.29 is 10.0 Å². The molecule has 1 aliphatic heterocycles. The lowest BCUT2D eigenvalue weighted by atomic mass is 10.2. The van der Waals surface area contributed by atoms with Crippen LogP contribution in [0.1, 0.15) is 16.1 Å². The molecule has 0 saturated carbocycles. The van der Waals surface area contributed by atoms with Crippen molar-refractivity contribution in [2.24, 2.45) is 0 Å².